The molecule has 2 saturated heterocycles. The molecular weight excluding hydrogens is 573 g/mol. The highest BCUT2D eigenvalue weighted by Crippen LogP contribution is 2.46. The number of nitrogens with one attached hydrogen (secondary N) is 3. The number of fused-ring (bicyclic) bond motifs is 1. The van der Waals surface area contributed by atoms with E-state index in [0.717, 1.165) is 6.42 Å². The van der Waals surface area contributed by atoms with Gasteiger partial charge in [0.1, 0.15) is 29.2 Å². The molecule has 1 unspecified atom stereocenters. The number of ether oxygens (including phenoxy) is 4. The predicted octanol–water partition coefficient (Wildman–Crippen LogP) is 4.22. The van der Waals surface area contributed by atoms with Crippen LogP contribution in [-0.2, 0) is 19.1 Å². The summed E-state index contributed by atoms with van der Waals surface area (Å²) in [5.74, 6) is 0.884. The van der Waals surface area contributed by atoms with Crippen LogP contribution in [0.15, 0.2) is 37.1 Å². The van der Waals surface area contributed by atoms with Crippen molar-refractivity contribution in [1.82, 2.24) is 15.3 Å². The minimum atomic E-state index is -0.580. The topological polar surface area (TPSA) is 133 Å². The first-order valence-corrected chi connectivity index (χ1v) is 13.7. The van der Waals surface area contributed by atoms with Gasteiger partial charge in [-0.3, -0.25) is 9.59 Å². The largest absolute Gasteiger partial charge is 0.495 e. The summed E-state index contributed by atoms with van der Waals surface area (Å²) in [6.45, 7) is 4.74. The van der Waals surface area contributed by atoms with Crippen molar-refractivity contribution >= 4 is 57.4 Å². The fourth-order valence-corrected chi connectivity index (χ4v) is 5.51. The maximum absolute atomic E-state index is 13.1. The van der Waals surface area contributed by atoms with Gasteiger partial charge < -0.3 is 34.9 Å². The molecule has 2 aromatic heterocycles. The Morgan fingerprint density at radius 1 is 1.10 bits per heavy atom. The van der Waals surface area contributed by atoms with Crippen LogP contribution in [0.5, 0.6) is 11.5 Å². The van der Waals surface area contributed by atoms with Crippen molar-refractivity contribution in [2.75, 3.05) is 44.7 Å². The van der Waals surface area contributed by atoms with Gasteiger partial charge >= 0.3 is 0 Å². The van der Waals surface area contributed by atoms with E-state index in [-0.39, 0.29) is 39.8 Å². The first-order chi connectivity index (χ1) is 19.8. The number of nitrogens with zero attached hydrogens (tertiary/aromatic N) is 2. The Balaban J connectivity index is 1.57. The Kier molecular flexibility index (Phi) is 8.79. The Hall–Kier alpha value is -3.64. The van der Waals surface area contributed by atoms with E-state index in [9.17, 15) is 9.59 Å². The minimum absolute atomic E-state index is 0.233. The number of anilines is 2. The van der Waals surface area contributed by atoms with Crippen molar-refractivity contribution < 1.29 is 28.5 Å². The monoisotopic (exact) mass is 601 g/mol. The van der Waals surface area contributed by atoms with Crippen molar-refractivity contribution in [1.29, 1.82) is 0 Å². The van der Waals surface area contributed by atoms with E-state index in [1.807, 2.05) is 0 Å². The van der Waals surface area contributed by atoms with Gasteiger partial charge in [0.2, 0.25) is 5.91 Å². The summed E-state index contributed by atoms with van der Waals surface area (Å²) in [7, 11) is 2.97. The second-order valence-corrected chi connectivity index (χ2v) is 10.3. The van der Waals surface area contributed by atoms with E-state index in [4.69, 9.17) is 47.1 Å². The number of pyridine rings is 2. The highest BCUT2D eigenvalue weighted by Gasteiger charge is 2.30. The second kappa shape index (κ2) is 12.5. The minimum Gasteiger partial charge on any atom is -0.495 e. The lowest BCUT2D eigenvalue weighted by Gasteiger charge is -2.21. The van der Waals surface area contributed by atoms with Gasteiger partial charge in [0.15, 0.2) is 0 Å². The van der Waals surface area contributed by atoms with Gasteiger partial charge in [-0.1, -0.05) is 29.8 Å². The zero-order chi connectivity index (χ0) is 29.1. The van der Waals surface area contributed by atoms with Crippen LogP contribution in [0, 0.1) is 0 Å². The molecule has 3 N–H and O–H groups in total. The standard InChI is InChI=1S/C28H29Cl2N5O6/c1-4-23(36)33-18-13-40-12-17(18)32-22-9-15-14(11-31-22)8-16(34-27(15)35-28(37)19-6-5-7-41-19)24-25(29)20(38-2)10-21(39-3)26(24)30/h4,8-11,17-19H,1,5-7,12-13H2,2-3H3,(H,31,32)(H,33,36)(H,34,35,37)/t17-,18+,19?/m1/s1. The van der Waals surface area contributed by atoms with Gasteiger partial charge in [-0.25, -0.2) is 9.97 Å². The summed E-state index contributed by atoms with van der Waals surface area (Å²) < 4.78 is 22.0. The Morgan fingerprint density at radius 3 is 2.49 bits per heavy atom. The summed E-state index contributed by atoms with van der Waals surface area (Å²) >= 11 is 13.4. The number of rotatable bonds is 9. The number of benzene rings is 1. The van der Waals surface area contributed by atoms with Crippen molar-refractivity contribution in [2.45, 2.75) is 31.0 Å². The van der Waals surface area contributed by atoms with Crippen molar-refractivity contribution in [2.24, 2.45) is 0 Å². The fraction of sp³-hybridized carbons (Fsp3) is 0.357. The van der Waals surface area contributed by atoms with Gasteiger partial charge in [0, 0.05) is 35.2 Å². The molecule has 2 fully saturated rings. The predicted molar refractivity (Wildman–Crippen MR) is 156 cm³/mol. The van der Waals surface area contributed by atoms with E-state index in [0.29, 0.717) is 65.6 Å². The molecule has 41 heavy (non-hydrogen) atoms. The van der Waals surface area contributed by atoms with Gasteiger partial charge in [-0.15, -0.1) is 0 Å². The van der Waals surface area contributed by atoms with E-state index < -0.39 is 6.10 Å². The number of hydrogen-bond donors (Lipinski definition) is 3. The van der Waals surface area contributed by atoms with Gasteiger partial charge in [0.05, 0.1) is 55.3 Å². The molecule has 2 aliphatic rings. The van der Waals surface area contributed by atoms with Gasteiger partial charge in [-0.05, 0) is 31.1 Å². The van der Waals surface area contributed by atoms with Crippen LogP contribution in [0.4, 0.5) is 11.6 Å². The molecule has 2 amide bonds. The highest BCUT2D eigenvalue weighted by atomic mass is 35.5. The molecule has 13 heteroatoms. The first kappa shape index (κ1) is 28.9. The lowest BCUT2D eigenvalue weighted by atomic mass is 10.1. The number of methoxy groups -OCH3 is 2. The maximum Gasteiger partial charge on any atom is 0.254 e. The first-order valence-electron chi connectivity index (χ1n) is 12.9. The number of halogens is 2. The van der Waals surface area contributed by atoms with Crippen LogP contribution < -0.4 is 25.4 Å². The fourth-order valence-electron chi connectivity index (χ4n) is 4.81. The van der Waals surface area contributed by atoms with Crippen LogP contribution in [0.2, 0.25) is 10.0 Å². The molecule has 5 rings (SSSR count). The number of carbonyl (C=O) groups excluding carboxylic acids is 2. The van der Waals surface area contributed by atoms with Crippen molar-refractivity contribution in [3.05, 3.63) is 47.1 Å². The molecular formula is C28H29Cl2N5O6. The van der Waals surface area contributed by atoms with Crippen LogP contribution >= 0.6 is 23.2 Å². The Morgan fingerprint density at radius 2 is 1.83 bits per heavy atom. The molecule has 0 spiro atoms. The Labute approximate surface area is 246 Å². The van der Waals surface area contributed by atoms with E-state index in [2.05, 4.69) is 27.5 Å². The highest BCUT2D eigenvalue weighted by molar-refractivity contribution is 6.41. The average Bonchev–Trinajstić information content (AvgIpc) is 3.66. The molecule has 216 valence electrons. The SMILES string of the molecule is C=CC(=O)N[C@H]1COC[C@H]1Nc1cc2c(NC(=O)C3CCCO3)nc(-c3c(Cl)c(OC)cc(OC)c3Cl)cc2cn1. The van der Waals surface area contributed by atoms with Crippen LogP contribution in [0.1, 0.15) is 12.8 Å². The molecule has 0 aliphatic carbocycles. The zero-order valence-electron chi connectivity index (χ0n) is 22.5. The van der Waals surface area contributed by atoms with Crippen LogP contribution in [0.3, 0.4) is 0 Å². The smallest absolute Gasteiger partial charge is 0.254 e. The average molecular weight is 602 g/mol. The molecule has 4 heterocycles. The molecule has 1 aromatic carbocycles. The van der Waals surface area contributed by atoms with Crippen molar-refractivity contribution in [3.8, 4) is 22.8 Å². The summed E-state index contributed by atoms with van der Waals surface area (Å²) in [6, 6.07) is 4.63. The quantitative estimate of drug-likeness (QED) is 0.308. The zero-order valence-corrected chi connectivity index (χ0v) is 24.0. The third kappa shape index (κ3) is 6.03. The van der Waals surface area contributed by atoms with Crippen LogP contribution in [-0.4, -0.2) is 74.0 Å². The third-order valence-electron chi connectivity index (χ3n) is 6.93. The Bertz CT molecular complexity index is 1470. The molecule has 3 aromatic rings. The lowest BCUT2D eigenvalue weighted by Crippen LogP contribution is -2.45. The lowest BCUT2D eigenvalue weighted by molar-refractivity contribution is -0.124. The van der Waals surface area contributed by atoms with Gasteiger partial charge in [-0.2, -0.15) is 0 Å². The van der Waals surface area contributed by atoms with E-state index in [1.165, 1.54) is 20.3 Å². The maximum atomic E-state index is 13.1. The summed E-state index contributed by atoms with van der Waals surface area (Å²) in [5, 5.41) is 10.9. The molecule has 0 saturated carbocycles. The molecule has 0 bridgehead atoms. The summed E-state index contributed by atoms with van der Waals surface area (Å²) in [5.41, 5.74) is 0.761. The van der Waals surface area contributed by atoms with E-state index >= 15 is 0 Å². The number of hydrogen-bond acceptors (Lipinski definition) is 9. The second-order valence-electron chi connectivity index (χ2n) is 9.53. The number of carbonyl (C=O) groups is 2. The van der Waals surface area contributed by atoms with E-state index in [1.54, 1.807) is 24.4 Å². The normalized spacial score (nSPS) is 20.0. The number of aromatic nitrogens is 2. The van der Waals surface area contributed by atoms with Gasteiger partial charge in [0.25, 0.3) is 5.91 Å². The molecule has 3 atom stereocenters. The third-order valence-corrected chi connectivity index (χ3v) is 7.69. The van der Waals surface area contributed by atoms with Crippen molar-refractivity contribution in [3.63, 3.8) is 0 Å². The molecule has 0 radical (unpaired) electrons. The summed E-state index contributed by atoms with van der Waals surface area (Å²) in [6.07, 6.45) is 3.70. The molecule has 11 nitrogen and oxygen atoms in total. The molecule has 2 aliphatic heterocycles. The summed E-state index contributed by atoms with van der Waals surface area (Å²) in [4.78, 5) is 34.3. The van der Waals surface area contributed by atoms with Crippen LogP contribution in [0.25, 0.3) is 22.0 Å². The number of amides is 2.